The zero-order chi connectivity index (χ0) is 24.6. The number of nitrogens with zero attached hydrogens (tertiary/aromatic N) is 6. The van der Waals surface area contributed by atoms with Gasteiger partial charge < -0.3 is 25.2 Å². The van der Waals surface area contributed by atoms with Gasteiger partial charge in [0, 0.05) is 45.2 Å². The molecule has 3 heterocycles. The van der Waals surface area contributed by atoms with Gasteiger partial charge in [0.15, 0.2) is 0 Å². The molecule has 2 aromatic rings. The van der Waals surface area contributed by atoms with E-state index in [-0.39, 0.29) is 30.8 Å². The Hall–Kier alpha value is -2.93. The van der Waals surface area contributed by atoms with Crippen LogP contribution in [0.4, 0.5) is 30.6 Å². The van der Waals surface area contributed by atoms with Crippen LogP contribution in [0.2, 0.25) is 0 Å². The van der Waals surface area contributed by atoms with Gasteiger partial charge in [-0.1, -0.05) is 0 Å². The molecule has 1 aliphatic rings. The molecule has 0 radical (unpaired) electrons. The molecule has 1 saturated heterocycles. The smallest absolute Gasteiger partial charge is 0.372 e. The Morgan fingerprint density at radius 1 is 1.21 bits per heavy atom. The molecule has 1 fully saturated rings. The SMILES string of the molecule is CN(C)CCCn1cc(Nc2ncc(C(F)(F)F)c(NCCCN3CCCOCC3=O)n2)cn1. The molecular weight excluding hydrogens is 453 g/mol. The molecule has 1 aliphatic heterocycles. The second-order valence-electron chi connectivity index (χ2n) is 8.29. The quantitative estimate of drug-likeness (QED) is 0.469. The number of hydrogen-bond acceptors (Lipinski definition) is 8. The van der Waals surface area contributed by atoms with Crippen LogP contribution < -0.4 is 10.6 Å². The number of hydrogen-bond donors (Lipinski definition) is 2. The Labute approximate surface area is 196 Å². The van der Waals surface area contributed by atoms with Gasteiger partial charge in [-0.2, -0.15) is 23.3 Å². The van der Waals surface area contributed by atoms with Gasteiger partial charge in [-0.15, -0.1) is 0 Å². The molecule has 0 atom stereocenters. The van der Waals surface area contributed by atoms with Gasteiger partial charge in [0.25, 0.3) is 0 Å². The minimum atomic E-state index is -4.60. The first-order valence-electron chi connectivity index (χ1n) is 11.2. The third-order valence-electron chi connectivity index (χ3n) is 5.17. The van der Waals surface area contributed by atoms with E-state index >= 15 is 0 Å². The van der Waals surface area contributed by atoms with Gasteiger partial charge in [-0.3, -0.25) is 9.48 Å². The van der Waals surface area contributed by atoms with Gasteiger partial charge in [-0.05, 0) is 39.9 Å². The summed E-state index contributed by atoms with van der Waals surface area (Å²) in [6.07, 6.45) is 1.61. The number of anilines is 3. The highest BCUT2D eigenvalue weighted by Crippen LogP contribution is 2.34. The van der Waals surface area contributed by atoms with E-state index in [0.717, 1.165) is 25.6 Å². The Balaban J connectivity index is 1.60. The van der Waals surface area contributed by atoms with Crippen molar-refractivity contribution >= 4 is 23.4 Å². The molecule has 0 aromatic carbocycles. The average Bonchev–Trinajstić information content (AvgIpc) is 3.10. The van der Waals surface area contributed by atoms with Gasteiger partial charge in [0.1, 0.15) is 18.0 Å². The number of nitrogens with one attached hydrogen (secondary N) is 2. The van der Waals surface area contributed by atoms with Crippen LogP contribution in [0, 0.1) is 0 Å². The summed E-state index contributed by atoms with van der Waals surface area (Å²) in [5, 5.41) is 9.91. The van der Waals surface area contributed by atoms with E-state index in [1.165, 1.54) is 0 Å². The van der Waals surface area contributed by atoms with E-state index in [9.17, 15) is 18.0 Å². The van der Waals surface area contributed by atoms with Crippen LogP contribution in [0.25, 0.3) is 0 Å². The number of carbonyl (C=O) groups excluding carboxylic acids is 1. The van der Waals surface area contributed by atoms with Crippen molar-refractivity contribution < 1.29 is 22.7 Å². The van der Waals surface area contributed by atoms with Crippen molar-refractivity contribution in [2.75, 3.05) is 64.1 Å². The fourth-order valence-corrected chi connectivity index (χ4v) is 3.46. The first-order valence-corrected chi connectivity index (χ1v) is 11.2. The predicted octanol–water partition coefficient (Wildman–Crippen LogP) is 2.44. The Bertz CT molecular complexity index is 935. The minimum absolute atomic E-state index is 0.0307. The van der Waals surface area contributed by atoms with E-state index in [4.69, 9.17) is 4.74 Å². The lowest BCUT2D eigenvalue weighted by atomic mass is 10.3. The summed E-state index contributed by atoms with van der Waals surface area (Å²) in [5.74, 6) is -0.388. The number of amides is 1. The number of halogens is 3. The lowest BCUT2D eigenvalue weighted by molar-refractivity contribution is -0.137. The molecule has 0 bridgehead atoms. The molecule has 10 nitrogen and oxygen atoms in total. The average molecular weight is 485 g/mol. The second kappa shape index (κ2) is 12.0. The number of aromatic nitrogens is 4. The Morgan fingerprint density at radius 2 is 2.03 bits per heavy atom. The zero-order valence-corrected chi connectivity index (χ0v) is 19.4. The van der Waals surface area contributed by atoms with Crippen LogP contribution in [0.3, 0.4) is 0 Å². The van der Waals surface area contributed by atoms with E-state index in [0.29, 0.717) is 38.3 Å². The molecule has 0 unspecified atom stereocenters. The maximum Gasteiger partial charge on any atom is 0.421 e. The number of alkyl halides is 3. The van der Waals surface area contributed by atoms with Crippen LogP contribution in [-0.4, -0.2) is 88.9 Å². The van der Waals surface area contributed by atoms with Crippen molar-refractivity contribution in [3.8, 4) is 0 Å². The molecule has 0 aliphatic carbocycles. The maximum absolute atomic E-state index is 13.5. The normalized spacial score (nSPS) is 15.0. The topological polar surface area (TPSA) is 100 Å². The highest BCUT2D eigenvalue weighted by molar-refractivity contribution is 5.77. The third-order valence-corrected chi connectivity index (χ3v) is 5.17. The summed E-state index contributed by atoms with van der Waals surface area (Å²) >= 11 is 0. The van der Waals surface area contributed by atoms with Crippen molar-refractivity contribution in [1.29, 1.82) is 0 Å². The van der Waals surface area contributed by atoms with E-state index in [1.54, 1.807) is 22.0 Å². The molecule has 1 amide bonds. The fourth-order valence-electron chi connectivity index (χ4n) is 3.46. The van der Waals surface area contributed by atoms with E-state index < -0.39 is 11.7 Å². The number of rotatable bonds is 11. The molecule has 2 N–H and O–H groups in total. The summed E-state index contributed by atoms with van der Waals surface area (Å²) in [6, 6.07) is 0. The predicted molar refractivity (Wildman–Crippen MR) is 121 cm³/mol. The molecule has 13 heteroatoms. The largest absolute Gasteiger partial charge is 0.421 e. The zero-order valence-electron chi connectivity index (χ0n) is 19.4. The summed E-state index contributed by atoms with van der Waals surface area (Å²) < 4.78 is 47.3. The van der Waals surface area contributed by atoms with Crippen molar-refractivity contribution in [3.63, 3.8) is 0 Å². The second-order valence-corrected chi connectivity index (χ2v) is 8.29. The van der Waals surface area contributed by atoms with E-state index in [1.807, 2.05) is 14.1 Å². The summed E-state index contributed by atoms with van der Waals surface area (Å²) in [7, 11) is 3.99. The van der Waals surface area contributed by atoms with Crippen LogP contribution >= 0.6 is 0 Å². The molecule has 2 aromatic heterocycles. The van der Waals surface area contributed by atoms with Crippen molar-refractivity contribution in [3.05, 3.63) is 24.2 Å². The Kier molecular flexibility index (Phi) is 9.05. The first-order chi connectivity index (χ1) is 16.2. The van der Waals surface area contributed by atoms with Gasteiger partial charge >= 0.3 is 6.18 Å². The molecule has 34 heavy (non-hydrogen) atoms. The number of carbonyl (C=O) groups is 1. The summed E-state index contributed by atoms with van der Waals surface area (Å²) in [6.45, 7) is 3.43. The molecule has 188 valence electrons. The van der Waals surface area contributed by atoms with Crippen molar-refractivity contribution in [2.45, 2.75) is 32.0 Å². The number of ether oxygens (including phenoxy) is 1. The van der Waals surface area contributed by atoms with Gasteiger partial charge in [0.05, 0.1) is 11.9 Å². The van der Waals surface area contributed by atoms with Crippen molar-refractivity contribution in [2.24, 2.45) is 0 Å². The van der Waals surface area contributed by atoms with Crippen LogP contribution in [0.5, 0.6) is 0 Å². The van der Waals surface area contributed by atoms with Crippen molar-refractivity contribution in [1.82, 2.24) is 29.5 Å². The maximum atomic E-state index is 13.5. The van der Waals surface area contributed by atoms with Crippen LogP contribution in [0.15, 0.2) is 18.6 Å². The standard InChI is InChI=1S/C21H31F3N8O2/c1-30(2)7-4-10-32-14-16(12-27-32)28-20-26-13-17(21(22,23)24)19(29-20)25-6-3-8-31-9-5-11-34-15-18(31)33/h12-14H,3-11,15H2,1-2H3,(H2,25,26,28,29). The lowest BCUT2D eigenvalue weighted by Gasteiger charge is -2.20. The monoisotopic (exact) mass is 484 g/mol. The highest BCUT2D eigenvalue weighted by Gasteiger charge is 2.35. The highest BCUT2D eigenvalue weighted by atomic mass is 19.4. The number of aryl methyl sites for hydroxylation is 1. The van der Waals surface area contributed by atoms with Crippen LogP contribution in [-0.2, 0) is 22.3 Å². The third kappa shape index (κ3) is 7.83. The molecule has 0 spiro atoms. The van der Waals surface area contributed by atoms with Gasteiger partial charge in [0.2, 0.25) is 11.9 Å². The molecule has 3 rings (SSSR count). The summed E-state index contributed by atoms with van der Waals surface area (Å²) in [4.78, 5) is 23.6. The first kappa shape index (κ1) is 25.7. The fraction of sp³-hybridized carbons (Fsp3) is 0.619. The molecular formula is C21H31F3N8O2. The lowest BCUT2D eigenvalue weighted by Crippen LogP contribution is -2.34. The minimum Gasteiger partial charge on any atom is -0.372 e. The van der Waals surface area contributed by atoms with Crippen LogP contribution in [0.1, 0.15) is 24.8 Å². The summed E-state index contributed by atoms with van der Waals surface area (Å²) in [5.41, 5.74) is -0.367. The molecule has 0 saturated carbocycles. The van der Waals surface area contributed by atoms with Gasteiger partial charge in [-0.25, -0.2) is 4.98 Å². The Morgan fingerprint density at radius 3 is 2.79 bits per heavy atom. The van der Waals surface area contributed by atoms with E-state index in [2.05, 4.69) is 30.6 Å².